The van der Waals surface area contributed by atoms with Crippen LogP contribution in [0.25, 0.3) is 0 Å². The van der Waals surface area contributed by atoms with Gasteiger partial charge in [-0.2, -0.15) is 0 Å². The molecule has 0 aromatic heterocycles. The molecule has 6 heteroatoms. The number of hydrogen-bond acceptors (Lipinski definition) is 3. The average molecular weight is 448 g/mol. The Balaban J connectivity index is 0.00000529. The van der Waals surface area contributed by atoms with Crippen LogP contribution in [0.5, 0.6) is 0 Å². The van der Waals surface area contributed by atoms with Crippen LogP contribution in [0.15, 0.2) is 29.3 Å². The van der Waals surface area contributed by atoms with Gasteiger partial charge in [0.25, 0.3) is 0 Å². The molecule has 0 saturated carbocycles. The predicted octanol–water partition coefficient (Wildman–Crippen LogP) is 2.64. The van der Waals surface area contributed by atoms with Crippen LogP contribution >= 0.6 is 24.0 Å². The summed E-state index contributed by atoms with van der Waals surface area (Å²) in [7, 11) is 3.88. The molecule has 0 radical (unpaired) electrons. The molecular formula is C18H33IN4O. The smallest absolute Gasteiger partial charge is 0.191 e. The van der Waals surface area contributed by atoms with Gasteiger partial charge >= 0.3 is 0 Å². The first-order valence-electron chi connectivity index (χ1n) is 8.41. The number of aliphatic imine (C=N–C) groups is 1. The average Bonchev–Trinajstić information content (AvgIpc) is 2.54. The Morgan fingerprint density at radius 1 is 1.17 bits per heavy atom. The van der Waals surface area contributed by atoms with Gasteiger partial charge in [-0.3, -0.25) is 0 Å². The Labute approximate surface area is 164 Å². The van der Waals surface area contributed by atoms with Crippen molar-refractivity contribution in [2.45, 2.75) is 26.8 Å². The Kier molecular flexibility index (Phi) is 14.0. The normalized spacial score (nSPS) is 11.3. The van der Waals surface area contributed by atoms with Crippen molar-refractivity contribution in [3.63, 3.8) is 0 Å². The largest absolute Gasteiger partial charge is 0.385 e. The van der Waals surface area contributed by atoms with Crippen molar-refractivity contribution in [2.75, 3.05) is 46.9 Å². The highest BCUT2D eigenvalue weighted by molar-refractivity contribution is 14.0. The van der Waals surface area contributed by atoms with E-state index in [1.165, 1.54) is 11.1 Å². The summed E-state index contributed by atoms with van der Waals surface area (Å²) in [4.78, 5) is 6.94. The molecule has 5 nitrogen and oxygen atoms in total. The van der Waals surface area contributed by atoms with Crippen LogP contribution in [-0.2, 0) is 11.3 Å². The highest BCUT2D eigenvalue weighted by atomic mass is 127. The number of halogens is 1. The van der Waals surface area contributed by atoms with Gasteiger partial charge in [-0.1, -0.05) is 29.8 Å². The summed E-state index contributed by atoms with van der Waals surface area (Å²) in [6.07, 6.45) is 1.06. The van der Waals surface area contributed by atoms with Gasteiger partial charge in [-0.25, -0.2) is 4.99 Å². The second kappa shape index (κ2) is 14.5. The number of aryl methyl sites for hydroxylation is 1. The SMILES string of the molecule is CCNC(=NCc1ccc(C)cc1)NCCN(C)CCCOC.I. The van der Waals surface area contributed by atoms with E-state index in [1.54, 1.807) is 7.11 Å². The molecule has 0 amide bonds. The molecule has 0 saturated heterocycles. The molecule has 138 valence electrons. The second-order valence-electron chi connectivity index (χ2n) is 5.76. The zero-order valence-electron chi connectivity index (χ0n) is 15.5. The summed E-state index contributed by atoms with van der Waals surface area (Å²) in [6.45, 7) is 9.47. The maximum absolute atomic E-state index is 5.08. The number of hydrogen-bond donors (Lipinski definition) is 2. The van der Waals surface area contributed by atoms with E-state index in [0.717, 1.165) is 45.2 Å². The van der Waals surface area contributed by atoms with E-state index in [1.807, 2.05) is 0 Å². The van der Waals surface area contributed by atoms with Crippen molar-refractivity contribution in [2.24, 2.45) is 4.99 Å². The first-order chi connectivity index (χ1) is 11.2. The number of nitrogens with zero attached hydrogens (tertiary/aromatic N) is 2. The first-order valence-corrected chi connectivity index (χ1v) is 8.41. The van der Waals surface area contributed by atoms with Gasteiger partial charge in [0.15, 0.2) is 5.96 Å². The molecular weight excluding hydrogens is 415 g/mol. The van der Waals surface area contributed by atoms with Gasteiger partial charge in [0, 0.05) is 39.9 Å². The molecule has 0 spiro atoms. The second-order valence-corrected chi connectivity index (χ2v) is 5.76. The monoisotopic (exact) mass is 448 g/mol. The topological polar surface area (TPSA) is 48.9 Å². The van der Waals surface area contributed by atoms with E-state index >= 15 is 0 Å². The van der Waals surface area contributed by atoms with Crippen molar-refractivity contribution in [3.05, 3.63) is 35.4 Å². The van der Waals surface area contributed by atoms with E-state index in [9.17, 15) is 0 Å². The van der Waals surface area contributed by atoms with E-state index in [-0.39, 0.29) is 24.0 Å². The summed E-state index contributed by atoms with van der Waals surface area (Å²) in [6, 6.07) is 8.51. The van der Waals surface area contributed by atoms with Crippen molar-refractivity contribution >= 4 is 29.9 Å². The lowest BCUT2D eigenvalue weighted by molar-refractivity contribution is 0.180. The van der Waals surface area contributed by atoms with Crippen LogP contribution in [0.3, 0.4) is 0 Å². The molecule has 0 heterocycles. The summed E-state index contributed by atoms with van der Waals surface area (Å²) < 4.78 is 5.08. The lowest BCUT2D eigenvalue weighted by Gasteiger charge is -2.18. The Bertz CT molecular complexity index is 451. The molecule has 24 heavy (non-hydrogen) atoms. The summed E-state index contributed by atoms with van der Waals surface area (Å²) in [5.41, 5.74) is 2.50. The number of nitrogens with one attached hydrogen (secondary N) is 2. The van der Waals surface area contributed by atoms with E-state index in [2.05, 4.69) is 65.7 Å². The Morgan fingerprint density at radius 2 is 1.88 bits per heavy atom. The van der Waals surface area contributed by atoms with E-state index in [0.29, 0.717) is 6.54 Å². The van der Waals surface area contributed by atoms with Crippen LogP contribution < -0.4 is 10.6 Å². The van der Waals surface area contributed by atoms with Crippen molar-refractivity contribution in [3.8, 4) is 0 Å². The van der Waals surface area contributed by atoms with Crippen LogP contribution in [0.4, 0.5) is 0 Å². The third-order valence-electron chi connectivity index (χ3n) is 3.56. The van der Waals surface area contributed by atoms with Gasteiger partial charge in [0.05, 0.1) is 6.54 Å². The molecule has 0 fully saturated rings. The minimum Gasteiger partial charge on any atom is -0.385 e. The molecule has 0 aliphatic heterocycles. The minimum atomic E-state index is 0. The fourth-order valence-corrected chi connectivity index (χ4v) is 2.16. The zero-order chi connectivity index (χ0) is 16.9. The van der Waals surface area contributed by atoms with Crippen LogP contribution in [0, 0.1) is 6.92 Å². The molecule has 2 N–H and O–H groups in total. The molecule has 1 aromatic carbocycles. The Morgan fingerprint density at radius 3 is 2.50 bits per heavy atom. The first kappa shape index (κ1) is 23.1. The van der Waals surface area contributed by atoms with Gasteiger partial charge in [0.1, 0.15) is 0 Å². The van der Waals surface area contributed by atoms with E-state index in [4.69, 9.17) is 4.74 Å². The number of guanidine groups is 1. The van der Waals surface area contributed by atoms with Crippen molar-refractivity contribution < 1.29 is 4.74 Å². The van der Waals surface area contributed by atoms with Crippen LogP contribution in [-0.4, -0.2) is 57.8 Å². The van der Waals surface area contributed by atoms with Gasteiger partial charge in [-0.05, 0) is 32.9 Å². The standard InChI is InChI=1S/C18H32N4O.HI/c1-5-19-18(20-11-13-22(3)12-6-14-23-4)21-15-17-9-7-16(2)8-10-17;/h7-10H,5-6,11-15H2,1-4H3,(H2,19,20,21);1H. The lowest BCUT2D eigenvalue weighted by Crippen LogP contribution is -2.41. The number of ether oxygens (including phenoxy) is 1. The summed E-state index contributed by atoms with van der Waals surface area (Å²) in [5, 5.41) is 6.68. The molecule has 0 unspecified atom stereocenters. The number of benzene rings is 1. The van der Waals surface area contributed by atoms with E-state index < -0.39 is 0 Å². The van der Waals surface area contributed by atoms with Crippen molar-refractivity contribution in [1.29, 1.82) is 0 Å². The van der Waals surface area contributed by atoms with Crippen molar-refractivity contribution in [1.82, 2.24) is 15.5 Å². The number of rotatable bonds is 10. The highest BCUT2D eigenvalue weighted by Gasteiger charge is 2.00. The molecule has 0 bridgehead atoms. The number of likely N-dealkylation sites (N-methyl/N-ethyl adjacent to an activating group) is 1. The third-order valence-corrected chi connectivity index (χ3v) is 3.56. The maximum atomic E-state index is 5.08. The quantitative estimate of drug-likeness (QED) is 0.250. The molecule has 0 aliphatic rings. The predicted molar refractivity (Wildman–Crippen MR) is 113 cm³/mol. The number of methoxy groups -OCH3 is 1. The van der Waals surface area contributed by atoms with Gasteiger partial charge in [0.2, 0.25) is 0 Å². The highest BCUT2D eigenvalue weighted by Crippen LogP contribution is 2.04. The molecule has 0 atom stereocenters. The third kappa shape index (κ3) is 10.8. The zero-order valence-corrected chi connectivity index (χ0v) is 17.8. The van der Waals surface area contributed by atoms with Crippen LogP contribution in [0.1, 0.15) is 24.5 Å². The van der Waals surface area contributed by atoms with Gasteiger partial charge < -0.3 is 20.3 Å². The molecule has 0 aliphatic carbocycles. The maximum Gasteiger partial charge on any atom is 0.191 e. The van der Waals surface area contributed by atoms with Crippen LogP contribution in [0.2, 0.25) is 0 Å². The summed E-state index contributed by atoms with van der Waals surface area (Å²) >= 11 is 0. The molecule has 1 aromatic rings. The fourth-order valence-electron chi connectivity index (χ4n) is 2.16. The molecule has 1 rings (SSSR count). The lowest BCUT2D eigenvalue weighted by atomic mass is 10.1. The summed E-state index contributed by atoms with van der Waals surface area (Å²) in [5.74, 6) is 0.873. The minimum absolute atomic E-state index is 0. The van der Waals surface area contributed by atoms with Gasteiger partial charge in [-0.15, -0.1) is 24.0 Å². The Hall–Kier alpha value is -0.860. The fraction of sp³-hybridized carbons (Fsp3) is 0.611.